The molecule has 10 rings (SSSR count). The first-order valence-electron chi connectivity index (χ1n) is 23.2. The minimum Gasteiger partial charge on any atom is -0.489 e. The van der Waals surface area contributed by atoms with E-state index >= 15 is 4.39 Å². The van der Waals surface area contributed by atoms with E-state index in [1.165, 1.54) is 48.4 Å². The van der Waals surface area contributed by atoms with Gasteiger partial charge in [0.2, 0.25) is 0 Å². The van der Waals surface area contributed by atoms with Crippen LogP contribution < -0.4 is 30.1 Å². The summed E-state index contributed by atoms with van der Waals surface area (Å²) in [6.07, 6.45) is 9.69. The van der Waals surface area contributed by atoms with Gasteiger partial charge in [-0.15, -0.1) is 0 Å². The van der Waals surface area contributed by atoms with Crippen LogP contribution in [0.4, 0.5) is 21.5 Å². The Labute approximate surface area is 380 Å². The predicted molar refractivity (Wildman–Crippen MR) is 251 cm³/mol. The molecule has 0 radical (unpaired) electrons. The van der Waals surface area contributed by atoms with E-state index in [2.05, 4.69) is 79.9 Å². The number of benzene rings is 3. The number of likely N-dealkylation sites (tertiary alicyclic amines) is 1. The maximum Gasteiger partial charge on any atom is 0.268 e. The first kappa shape index (κ1) is 43.5. The van der Waals surface area contributed by atoms with Gasteiger partial charge in [0.1, 0.15) is 29.4 Å². The number of carbonyl (C=O) groups is 1. The normalized spacial score (nSPS) is 21.8. The van der Waals surface area contributed by atoms with Crippen LogP contribution in [0, 0.1) is 11.2 Å². The molecular weight excluding hydrogens is 846 g/mol. The highest BCUT2D eigenvalue weighted by Gasteiger charge is 2.50. The van der Waals surface area contributed by atoms with E-state index in [1.807, 2.05) is 11.0 Å². The molecule has 5 aromatic rings. The molecule has 344 valence electrons. The number of piperazine rings is 1. The maximum absolute atomic E-state index is 17.1. The SMILES string of the molecule is CC(C)c1ccccc1[C@@H]1CCCN1C1CC2(CCN(c3ccc(C(=O)NS(=O)(=O)c4cc(N)c5c(c4)OC[C@H](CN4CCN(C)CC4)N5)c(Oc4cnc5[nH]ccc5c4)c3F)CC2)C1. The summed E-state index contributed by atoms with van der Waals surface area (Å²) in [6, 6.07) is 19.0. The van der Waals surface area contributed by atoms with E-state index in [0.717, 1.165) is 70.3 Å². The van der Waals surface area contributed by atoms with Crippen molar-refractivity contribution in [1.29, 1.82) is 0 Å². The van der Waals surface area contributed by atoms with Crippen molar-refractivity contribution >= 4 is 44.0 Å². The van der Waals surface area contributed by atoms with Crippen molar-refractivity contribution in [3.05, 3.63) is 95.6 Å². The number of fused-ring (bicyclic) bond motifs is 2. The molecule has 65 heavy (non-hydrogen) atoms. The molecule has 1 aliphatic carbocycles. The molecule has 6 heterocycles. The Balaban J connectivity index is 0.849. The molecule has 4 aliphatic heterocycles. The number of amides is 1. The number of hydrogen-bond donors (Lipinski definition) is 4. The number of aromatic amines is 1. The average Bonchev–Trinajstić information content (AvgIpc) is 3.97. The lowest BCUT2D eigenvalue weighted by molar-refractivity contribution is -0.0228. The van der Waals surface area contributed by atoms with Gasteiger partial charge in [0, 0.05) is 75.5 Å². The number of aromatic nitrogens is 2. The fourth-order valence-corrected chi connectivity index (χ4v) is 12.0. The average molecular weight is 906 g/mol. The van der Waals surface area contributed by atoms with Gasteiger partial charge in [-0.05, 0) is 105 Å². The molecule has 16 heteroatoms. The maximum atomic E-state index is 17.1. The number of piperidine rings is 1. The van der Waals surface area contributed by atoms with Gasteiger partial charge in [-0.1, -0.05) is 38.1 Å². The quantitative estimate of drug-likeness (QED) is 0.0980. The molecule has 5 aliphatic rings. The number of nitrogens with one attached hydrogen (secondary N) is 3. The smallest absolute Gasteiger partial charge is 0.268 e. The van der Waals surface area contributed by atoms with Gasteiger partial charge in [-0.2, -0.15) is 0 Å². The number of nitrogens with two attached hydrogens (primary N) is 1. The Morgan fingerprint density at radius 2 is 1.82 bits per heavy atom. The Kier molecular flexibility index (Phi) is 11.7. The van der Waals surface area contributed by atoms with Crippen molar-refractivity contribution in [3.8, 4) is 17.2 Å². The number of nitrogen functional groups attached to an aromatic ring is 1. The summed E-state index contributed by atoms with van der Waals surface area (Å²) in [4.78, 5) is 30.6. The monoisotopic (exact) mass is 905 g/mol. The van der Waals surface area contributed by atoms with Crippen LogP contribution in [-0.4, -0.2) is 117 Å². The first-order chi connectivity index (χ1) is 31.3. The second-order valence-electron chi connectivity index (χ2n) is 19.3. The van der Waals surface area contributed by atoms with Gasteiger partial charge in [0.25, 0.3) is 15.9 Å². The number of pyridine rings is 1. The molecule has 2 atom stereocenters. The summed E-state index contributed by atoms with van der Waals surface area (Å²) in [5, 5.41) is 4.15. The summed E-state index contributed by atoms with van der Waals surface area (Å²) < 4.78 is 59.2. The summed E-state index contributed by atoms with van der Waals surface area (Å²) in [5.41, 5.74) is 10.9. The lowest BCUT2D eigenvalue weighted by Crippen LogP contribution is -2.55. The number of rotatable bonds is 11. The van der Waals surface area contributed by atoms with Crippen LogP contribution >= 0.6 is 0 Å². The second kappa shape index (κ2) is 17.4. The minimum absolute atomic E-state index is 0.0390. The predicted octanol–water partition coefficient (Wildman–Crippen LogP) is 7.33. The number of nitrogens with zero attached hydrogens (tertiary/aromatic N) is 5. The molecule has 14 nitrogen and oxygen atoms in total. The highest BCUT2D eigenvalue weighted by Crippen LogP contribution is 2.54. The molecule has 2 aromatic heterocycles. The summed E-state index contributed by atoms with van der Waals surface area (Å²) in [6.45, 7) is 11.9. The van der Waals surface area contributed by atoms with E-state index in [0.29, 0.717) is 54.7 Å². The number of ether oxygens (including phenoxy) is 2. The van der Waals surface area contributed by atoms with E-state index in [9.17, 15) is 13.2 Å². The number of anilines is 3. The largest absolute Gasteiger partial charge is 0.489 e. The molecule has 3 aromatic carbocycles. The number of likely N-dealkylation sites (N-methyl/N-ethyl adjacent to an activating group) is 1. The van der Waals surface area contributed by atoms with Gasteiger partial charge in [0.05, 0.1) is 34.1 Å². The number of carbonyl (C=O) groups excluding carboxylic acids is 1. The fraction of sp³-hybridized carbons (Fsp3) is 0.469. The molecule has 0 bridgehead atoms. The standard InChI is InChI=1S/C49H60FN9O5S/c1-31(2)37-7-4-5-8-38(37)41-9-6-16-59(41)34-26-49(27-34)13-17-58(18-14-49)42-11-10-39(46(44(42)50)64-35-23-32-12-15-52-47(32)53-28-35)48(60)55-65(61,62)36-24-40(51)45-43(25-36)63-30-33(54-45)29-57-21-19-56(3)20-22-57/h4-5,7-8,10-12,15,23-25,28,31,33-34,41,54H,6,9,13-14,16-22,26-27,29-30,51H2,1-3H3,(H,52,53)(H,55,60)/t33-,41-/m0/s1. The molecule has 1 saturated carbocycles. The second-order valence-corrected chi connectivity index (χ2v) is 21.0. The van der Waals surface area contributed by atoms with Crippen LogP contribution in [0.3, 0.4) is 0 Å². The van der Waals surface area contributed by atoms with Crippen LogP contribution in [0.1, 0.15) is 85.8 Å². The van der Waals surface area contributed by atoms with E-state index in [4.69, 9.17) is 15.2 Å². The molecule has 1 spiro atoms. The van der Waals surface area contributed by atoms with E-state index in [1.54, 1.807) is 18.3 Å². The number of sulfonamides is 1. The van der Waals surface area contributed by atoms with Gasteiger partial charge in [0.15, 0.2) is 11.6 Å². The van der Waals surface area contributed by atoms with Crippen molar-refractivity contribution < 1.29 is 27.1 Å². The Morgan fingerprint density at radius 1 is 1.03 bits per heavy atom. The van der Waals surface area contributed by atoms with Gasteiger partial charge in [-0.3, -0.25) is 14.6 Å². The highest BCUT2D eigenvalue weighted by molar-refractivity contribution is 7.90. The number of hydrogen-bond acceptors (Lipinski definition) is 12. The molecule has 5 N–H and O–H groups in total. The zero-order valence-corrected chi connectivity index (χ0v) is 38.3. The van der Waals surface area contributed by atoms with Crippen molar-refractivity contribution in [2.45, 2.75) is 81.3 Å². The van der Waals surface area contributed by atoms with Crippen molar-refractivity contribution in [1.82, 2.24) is 29.4 Å². The van der Waals surface area contributed by atoms with Crippen LogP contribution in [0.15, 0.2) is 78.0 Å². The molecule has 1 amide bonds. The molecule has 3 saturated heterocycles. The fourth-order valence-electron chi connectivity index (χ4n) is 11.0. The molecule has 0 unspecified atom stereocenters. The third-order valence-electron chi connectivity index (χ3n) is 14.7. The molecule has 4 fully saturated rings. The van der Waals surface area contributed by atoms with Crippen LogP contribution in [-0.2, 0) is 10.0 Å². The molecular formula is C49H60FN9O5S. The Hall–Kier alpha value is -5.42. The zero-order chi connectivity index (χ0) is 45.0. The summed E-state index contributed by atoms with van der Waals surface area (Å²) in [5.74, 6) is -1.25. The van der Waals surface area contributed by atoms with Crippen molar-refractivity contribution in [2.75, 3.05) is 82.0 Å². The van der Waals surface area contributed by atoms with Gasteiger partial charge in [-0.25, -0.2) is 22.5 Å². The topological polar surface area (TPSA) is 161 Å². The van der Waals surface area contributed by atoms with Crippen LogP contribution in [0.5, 0.6) is 17.2 Å². The van der Waals surface area contributed by atoms with Crippen LogP contribution in [0.2, 0.25) is 0 Å². The number of halogens is 1. The van der Waals surface area contributed by atoms with Gasteiger partial charge < -0.3 is 35.3 Å². The van der Waals surface area contributed by atoms with Crippen molar-refractivity contribution in [2.24, 2.45) is 5.41 Å². The lowest BCUT2D eigenvalue weighted by Gasteiger charge is -2.56. The van der Waals surface area contributed by atoms with Gasteiger partial charge >= 0.3 is 0 Å². The minimum atomic E-state index is -4.51. The summed E-state index contributed by atoms with van der Waals surface area (Å²) in [7, 11) is -2.40. The van der Waals surface area contributed by atoms with Crippen molar-refractivity contribution in [3.63, 3.8) is 0 Å². The van der Waals surface area contributed by atoms with E-state index < -0.39 is 21.7 Å². The highest BCUT2D eigenvalue weighted by atomic mass is 32.2. The van der Waals surface area contributed by atoms with E-state index in [-0.39, 0.29) is 44.9 Å². The van der Waals surface area contributed by atoms with Crippen LogP contribution in [0.25, 0.3) is 11.0 Å². The third-order valence-corrected chi connectivity index (χ3v) is 16.0. The first-order valence-corrected chi connectivity index (χ1v) is 24.7. The lowest BCUT2D eigenvalue weighted by atomic mass is 9.59. The summed E-state index contributed by atoms with van der Waals surface area (Å²) >= 11 is 0. The third kappa shape index (κ3) is 8.61. The Bertz CT molecular complexity index is 2690. The zero-order valence-electron chi connectivity index (χ0n) is 37.5. The Morgan fingerprint density at radius 3 is 2.60 bits per heavy atom. The number of H-pyrrole nitrogens is 1.